The Morgan fingerprint density at radius 1 is 1.06 bits per heavy atom. The normalized spacial score (nSPS) is 11.7. The predicted octanol–water partition coefficient (Wildman–Crippen LogP) is 2.00. The minimum absolute atomic E-state index is 0.0133. The highest BCUT2D eigenvalue weighted by Gasteiger charge is 2.15. The van der Waals surface area contributed by atoms with Gasteiger partial charge in [0.1, 0.15) is 11.6 Å². The predicted molar refractivity (Wildman–Crippen MR) is 120 cm³/mol. The number of rotatable bonds is 8. The van der Waals surface area contributed by atoms with Crippen LogP contribution in [0, 0.1) is 0 Å². The summed E-state index contributed by atoms with van der Waals surface area (Å²) in [5.74, 6) is 1.56. The fourth-order valence-corrected chi connectivity index (χ4v) is 4.33. The number of methoxy groups -OCH3 is 1. The van der Waals surface area contributed by atoms with E-state index in [1.807, 2.05) is 12.1 Å². The first kappa shape index (κ1) is 21.9. The van der Waals surface area contributed by atoms with Crippen LogP contribution < -0.4 is 9.88 Å². The standard InChI is InChI=1S/C22H23N5O4S/c1-31-18-6-8-24-17(12-18)3-5-21-26-19-11-16(13-25-22(19)27-21)14-2-4-20(32(23,29)30)15(10-14)7-9-28/h2,4,6,8,10-13,28H,3,5,7,9H2,1H3,(H2,23,29,30)(H,25,26,27). The molecule has 4 rings (SSSR count). The number of aromatic nitrogens is 4. The van der Waals surface area contributed by atoms with E-state index in [0.29, 0.717) is 24.1 Å². The minimum atomic E-state index is -3.88. The molecule has 3 heterocycles. The number of aryl methyl sites for hydroxylation is 2. The number of ether oxygens (including phenoxy) is 1. The number of primary sulfonamides is 1. The number of hydrogen-bond donors (Lipinski definition) is 3. The molecule has 3 aromatic heterocycles. The largest absolute Gasteiger partial charge is 0.497 e. The van der Waals surface area contributed by atoms with Gasteiger partial charge in [0.25, 0.3) is 0 Å². The summed E-state index contributed by atoms with van der Waals surface area (Å²) in [5, 5.41) is 14.6. The third-order valence-corrected chi connectivity index (χ3v) is 6.12. The molecule has 0 aliphatic rings. The lowest BCUT2D eigenvalue weighted by molar-refractivity contribution is 0.299. The first-order valence-corrected chi connectivity index (χ1v) is 11.5. The lowest BCUT2D eigenvalue weighted by Gasteiger charge is -2.09. The molecule has 0 spiro atoms. The van der Waals surface area contributed by atoms with E-state index >= 15 is 0 Å². The molecular weight excluding hydrogens is 430 g/mol. The van der Waals surface area contributed by atoms with Crippen LogP contribution in [0.15, 0.2) is 53.7 Å². The number of nitrogens with zero attached hydrogens (tertiary/aromatic N) is 3. The van der Waals surface area contributed by atoms with Gasteiger partial charge in [-0.25, -0.2) is 23.5 Å². The molecule has 9 nitrogen and oxygen atoms in total. The second kappa shape index (κ2) is 9.03. The maximum absolute atomic E-state index is 11.8. The van der Waals surface area contributed by atoms with Crippen LogP contribution in [0.5, 0.6) is 5.75 Å². The zero-order valence-corrected chi connectivity index (χ0v) is 18.3. The van der Waals surface area contributed by atoms with E-state index in [-0.39, 0.29) is 17.9 Å². The van der Waals surface area contributed by atoms with Crippen molar-refractivity contribution in [3.8, 4) is 16.9 Å². The molecule has 0 aliphatic heterocycles. The van der Waals surface area contributed by atoms with E-state index in [1.165, 1.54) is 6.07 Å². The zero-order valence-electron chi connectivity index (χ0n) is 17.4. The number of hydrogen-bond acceptors (Lipinski definition) is 7. The van der Waals surface area contributed by atoms with Crippen LogP contribution in [0.25, 0.3) is 22.3 Å². The number of imidazole rings is 1. The van der Waals surface area contributed by atoms with E-state index in [0.717, 1.165) is 33.9 Å². The molecule has 0 unspecified atom stereocenters. The number of nitrogens with two attached hydrogens (primary N) is 1. The molecule has 0 saturated carbocycles. The summed E-state index contributed by atoms with van der Waals surface area (Å²) >= 11 is 0. The maximum atomic E-state index is 11.8. The average molecular weight is 454 g/mol. The van der Waals surface area contributed by atoms with Crippen LogP contribution >= 0.6 is 0 Å². The van der Waals surface area contributed by atoms with Gasteiger partial charge in [-0.1, -0.05) is 6.07 Å². The van der Waals surface area contributed by atoms with Gasteiger partial charge in [-0.15, -0.1) is 0 Å². The Morgan fingerprint density at radius 3 is 2.66 bits per heavy atom. The number of fused-ring (bicyclic) bond motifs is 1. The third-order valence-electron chi connectivity index (χ3n) is 5.11. The van der Waals surface area contributed by atoms with E-state index < -0.39 is 10.0 Å². The average Bonchev–Trinajstić information content (AvgIpc) is 3.19. The van der Waals surface area contributed by atoms with Crippen LogP contribution in [-0.2, 0) is 29.3 Å². The number of aliphatic hydroxyl groups excluding tert-OH is 1. The number of nitrogens with one attached hydrogen (secondary N) is 1. The fourth-order valence-electron chi connectivity index (χ4n) is 3.54. The van der Waals surface area contributed by atoms with Gasteiger partial charge in [0.15, 0.2) is 5.65 Å². The van der Waals surface area contributed by atoms with Crippen LogP contribution in [0.3, 0.4) is 0 Å². The highest BCUT2D eigenvalue weighted by molar-refractivity contribution is 7.89. The van der Waals surface area contributed by atoms with E-state index in [1.54, 1.807) is 37.7 Å². The van der Waals surface area contributed by atoms with Gasteiger partial charge in [0, 0.05) is 42.7 Å². The van der Waals surface area contributed by atoms with Crippen LogP contribution in [0.4, 0.5) is 0 Å². The van der Waals surface area contributed by atoms with Crippen molar-refractivity contribution in [3.63, 3.8) is 0 Å². The molecule has 0 atom stereocenters. The monoisotopic (exact) mass is 453 g/mol. The summed E-state index contributed by atoms with van der Waals surface area (Å²) < 4.78 is 28.9. The minimum Gasteiger partial charge on any atom is -0.497 e. The fraction of sp³-hybridized carbons (Fsp3) is 0.227. The van der Waals surface area contributed by atoms with Gasteiger partial charge < -0.3 is 14.8 Å². The summed E-state index contributed by atoms with van der Waals surface area (Å²) in [6.45, 7) is -0.185. The molecule has 32 heavy (non-hydrogen) atoms. The Labute approximate surface area is 185 Å². The van der Waals surface area contributed by atoms with Crippen molar-refractivity contribution in [1.29, 1.82) is 0 Å². The lowest BCUT2D eigenvalue weighted by Crippen LogP contribution is -2.15. The van der Waals surface area contributed by atoms with Crippen molar-refractivity contribution in [2.75, 3.05) is 13.7 Å². The van der Waals surface area contributed by atoms with Crippen LogP contribution in [0.2, 0.25) is 0 Å². The van der Waals surface area contributed by atoms with Crippen molar-refractivity contribution in [3.05, 3.63) is 65.9 Å². The van der Waals surface area contributed by atoms with E-state index in [9.17, 15) is 13.5 Å². The van der Waals surface area contributed by atoms with E-state index in [2.05, 4.69) is 19.9 Å². The smallest absolute Gasteiger partial charge is 0.238 e. The summed E-state index contributed by atoms with van der Waals surface area (Å²) in [7, 11) is -2.25. The molecule has 4 aromatic rings. The number of aromatic amines is 1. The Balaban J connectivity index is 1.59. The summed E-state index contributed by atoms with van der Waals surface area (Å²) in [4.78, 5) is 16.6. The number of H-pyrrole nitrogens is 1. The Bertz CT molecular complexity index is 1370. The van der Waals surface area contributed by atoms with Gasteiger partial charge in [0.05, 0.1) is 17.5 Å². The van der Waals surface area contributed by atoms with Crippen LogP contribution in [-0.4, -0.2) is 47.2 Å². The van der Waals surface area contributed by atoms with Crippen molar-refractivity contribution in [1.82, 2.24) is 19.9 Å². The van der Waals surface area contributed by atoms with Gasteiger partial charge in [-0.05, 0) is 48.2 Å². The van der Waals surface area contributed by atoms with Crippen molar-refractivity contribution < 1.29 is 18.3 Å². The lowest BCUT2D eigenvalue weighted by atomic mass is 10.0. The van der Waals surface area contributed by atoms with Gasteiger partial charge in [-0.2, -0.15) is 0 Å². The first-order valence-electron chi connectivity index (χ1n) is 9.98. The molecule has 0 fully saturated rings. The molecule has 4 N–H and O–H groups in total. The molecule has 0 aliphatic carbocycles. The van der Waals surface area contributed by atoms with Gasteiger partial charge in [-0.3, -0.25) is 4.98 Å². The van der Waals surface area contributed by atoms with Crippen molar-refractivity contribution in [2.45, 2.75) is 24.2 Å². The maximum Gasteiger partial charge on any atom is 0.238 e. The second-order valence-electron chi connectivity index (χ2n) is 7.31. The van der Waals surface area contributed by atoms with E-state index in [4.69, 9.17) is 9.88 Å². The zero-order chi connectivity index (χ0) is 22.7. The molecule has 10 heteroatoms. The Morgan fingerprint density at radius 2 is 1.91 bits per heavy atom. The summed E-state index contributed by atoms with van der Waals surface area (Å²) in [6.07, 6.45) is 4.94. The molecular formula is C22H23N5O4S. The number of aliphatic hydroxyl groups is 1. The van der Waals surface area contributed by atoms with Gasteiger partial charge >= 0.3 is 0 Å². The highest BCUT2D eigenvalue weighted by Crippen LogP contribution is 2.26. The molecule has 0 radical (unpaired) electrons. The molecule has 1 aromatic carbocycles. The number of pyridine rings is 2. The van der Waals surface area contributed by atoms with Crippen LogP contribution in [0.1, 0.15) is 17.1 Å². The molecule has 166 valence electrons. The third kappa shape index (κ3) is 4.77. The quantitative estimate of drug-likeness (QED) is 0.370. The first-order chi connectivity index (χ1) is 15.4. The number of benzene rings is 1. The molecule has 0 amide bonds. The topological polar surface area (TPSA) is 144 Å². The Kier molecular flexibility index (Phi) is 6.17. The SMILES string of the molecule is COc1ccnc(CCc2nc3ncc(-c4ccc(S(N)(=O)=O)c(CCO)c4)cc3[nH]2)c1. The summed E-state index contributed by atoms with van der Waals surface area (Å²) in [6, 6.07) is 10.5. The number of sulfonamides is 1. The van der Waals surface area contributed by atoms with Crippen molar-refractivity contribution >= 4 is 21.2 Å². The molecule has 0 bridgehead atoms. The summed E-state index contributed by atoms with van der Waals surface area (Å²) in [5.41, 5.74) is 4.30. The van der Waals surface area contributed by atoms with Gasteiger partial charge in [0.2, 0.25) is 10.0 Å². The second-order valence-corrected chi connectivity index (χ2v) is 8.84. The van der Waals surface area contributed by atoms with Crippen molar-refractivity contribution in [2.24, 2.45) is 5.14 Å². The molecule has 0 saturated heterocycles. The Hall–Kier alpha value is -3.34. The highest BCUT2D eigenvalue weighted by atomic mass is 32.2.